The maximum Gasteiger partial charge on any atom is 0.267 e. The second kappa shape index (κ2) is 8.19. The lowest BCUT2D eigenvalue weighted by molar-refractivity contribution is -0.122. The number of para-hydroxylation sites is 2. The van der Waals surface area contributed by atoms with Crippen molar-refractivity contribution in [2.24, 2.45) is 4.99 Å². The number of furan rings is 1. The average Bonchev–Trinajstić information content (AvgIpc) is 3.34. The molecule has 1 amide bonds. The van der Waals surface area contributed by atoms with E-state index in [9.17, 15) is 4.79 Å². The van der Waals surface area contributed by atoms with Crippen LogP contribution in [0.25, 0.3) is 6.08 Å². The molecular formula is C22H18N2O3S. The van der Waals surface area contributed by atoms with E-state index < -0.39 is 0 Å². The van der Waals surface area contributed by atoms with Crippen LogP contribution < -0.4 is 4.74 Å². The largest absolute Gasteiger partial charge is 0.496 e. The number of thioether (sulfide) groups is 1. The molecular weight excluding hydrogens is 372 g/mol. The molecule has 0 N–H and O–H groups in total. The molecule has 140 valence electrons. The van der Waals surface area contributed by atoms with Crippen LogP contribution in [0.3, 0.4) is 0 Å². The number of amides is 1. The molecule has 1 aliphatic heterocycles. The number of aliphatic imine (C=N–C) groups is 1. The van der Waals surface area contributed by atoms with Gasteiger partial charge in [-0.15, -0.1) is 0 Å². The summed E-state index contributed by atoms with van der Waals surface area (Å²) in [5.74, 6) is 1.31. The molecule has 3 aromatic rings. The third-order valence-electron chi connectivity index (χ3n) is 4.19. The van der Waals surface area contributed by atoms with Crippen molar-refractivity contribution in [3.05, 3.63) is 89.2 Å². The highest BCUT2D eigenvalue weighted by atomic mass is 32.2. The summed E-state index contributed by atoms with van der Waals surface area (Å²) in [4.78, 5) is 20.0. The van der Waals surface area contributed by atoms with E-state index in [4.69, 9.17) is 9.15 Å². The van der Waals surface area contributed by atoms with Gasteiger partial charge in [0.25, 0.3) is 5.91 Å². The lowest BCUT2D eigenvalue weighted by Crippen LogP contribution is -2.28. The van der Waals surface area contributed by atoms with Gasteiger partial charge in [0.2, 0.25) is 0 Å². The van der Waals surface area contributed by atoms with Gasteiger partial charge in [0.15, 0.2) is 5.17 Å². The Morgan fingerprint density at radius 2 is 1.86 bits per heavy atom. The van der Waals surface area contributed by atoms with Crippen LogP contribution in [0.15, 0.2) is 87.3 Å². The summed E-state index contributed by atoms with van der Waals surface area (Å²) in [7, 11) is 1.62. The molecule has 1 aromatic heterocycles. The van der Waals surface area contributed by atoms with Crippen molar-refractivity contribution >= 4 is 34.6 Å². The van der Waals surface area contributed by atoms with E-state index in [0.717, 1.165) is 17.0 Å². The van der Waals surface area contributed by atoms with Gasteiger partial charge in [0.05, 0.1) is 30.5 Å². The van der Waals surface area contributed by atoms with E-state index in [1.54, 1.807) is 18.3 Å². The van der Waals surface area contributed by atoms with Crippen LogP contribution in [-0.2, 0) is 11.3 Å². The number of hydrogen-bond donors (Lipinski definition) is 0. The Hall–Kier alpha value is -3.25. The molecule has 0 atom stereocenters. The van der Waals surface area contributed by atoms with Gasteiger partial charge in [-0.25, -0.2) is 4.99 Å². The fourth-order valence-electron chi connectivity index (χ4n) is 2.83. The van der Waals surface area contributed by atoms with Crippen molar-refractivity contribution < 1.29 is 13.9 Å². The zero-order valence-electron chi connectivity index (χ0n) is 15.2. The van der Waals surface area contributed by atoms with Crippen molar-refractivity contribution in [3.63, 3.8) is 0 Å². The zero-order valence-corrected chi connectivity index (χ0v) is 16.1. The second-order valence-electron chi connectivity index (χ2n) is 6.05. The highest BCUT2D eigenvalue weighted by molar-refractivity contribution is 8.18. The monoisotopic (exact) mass is 390 g/mol. The number of ether oxygens (including phenoxy) is 1. The van der Waals surface area contributed by atoms with Gasteiger partial charge in [-0.3, -0.25) is 9.69 Å². The van der Waals surface area contributed by atoms with Gasteiger partial charge in [0, 0.05) is 5.56 Å². The molecule has 0 aliphatic carbocycles. The van der Waals surface area contributed by atoms with Crippen LogP contribution in [0, 0.1) is 0 Å². The summed E-state index contributed by atoms with van der Waals surface area (Å²) in [6.07, 6.45) is 3.44. The first-order valence-corrected chi connectivity index (χ1v) is 9.57. The van der Waals surface area contributed by atoms with Crippen molar-refractivity contribution in [1.29, 1.82) is 0 Å². The fraction of sp³-hybridized carbons (Fsp3) is 0.0909. The summed E-state index contributed by atoms with van der Waals surface area (Å²) < 4.78 is 10.8. The number of nitrogens with zero attached hydrogens (tertiary/aromatic N) is 2. The smallest absolute Gasteiger partial charge is 0.267 e. The van der Waals surface area contributed by atoms with Crippen LogP contribution in [0.1, 0.15) is 11.3 Å². The molecule has 0 unspecified atom stereocenters. The van der Waals surface area contributed by atoms with Crippen molar-refractivity contribution in [1.82, 2.24) is 4.90 Å². The summed E-state index contributed by atoms with van der Waals surface area (Å²) in [5.41, 5.74) is 1.64. The van der Waals surface area contributed by atoms with Gasteiger partial charge >= 0.3 is 0 Å². The third-order valence-corrected chi connectivity index (χ3v) is 5.20. The minimum atomic E-state index is -0.109. The van der Waals surface area contributed by atoms with Crippen molar-refractivity contribution in [3.8, 4) is 5.75 Å². The molecule has 1 aliphatic rings. The maximum atomic E-state index is 13.1. The lowest BCUT2D eigenvalue weighted by Gasteiger charge is -2.13. The molecule has 0 bridgehead atoms. The molecule has 2 heterocycles. The van der Waals surface area contributed by atoms with Gasteiger partial charge in [-0.2, -0.15) is 0 Å². The number of carbonyl (C=O) groups excluding carboxylic acids is 1. The van der Waals surface area contributed by atoms with Crippen molar-refractivity contribution in [2.45, 2.75) is 6.54 Å². The number of benzene rings is 2. The molecule has 5 nitrogen and oxygen atoms in total. The summed E-state index contributed by atoms with van der Waals surface area (Å²) >= 11 is 1.35. The Bertz CT molecular complexity index is 1030. The summed E-state index contributed by atoms with van der Waals surface area (Å²) in [5, 5.41) is 0.619. The Morgan fingerprint density at radius 1 is 1.07 bits per heavy atom. The topological polar surface area (TPSA) is 55.0 Å². The van der Waals surface area contributed by atoms with Gasteiger partial charge in [-0.05, 0) is 48.2 Å². The van der Waals surface area contributed by atoms with E-state index in [1.807, 2.05) is 72.8 Å². The predicted molar refractivity (Wildman–Crippen MR) is 111 cm³/mol. The molecule has 1 saturated heterocycles. The number of hydrogen-bond acceptors (Lipinski definition) is 5. The molecule has 1 fully saturated rings. The Kier molecular flexibility index (Phi) is 5.30. The molecule has 6 heteroatoms. The predicted octanol–water partition coefficient (Wildman–Crippen LogP) is 5.09. The normalized spacial score (nSPS) is 16.9. The van der Waals surface area contributed by atoms with Crippen LogP contribution in [0.5, 0.6) is 5.75 Å². The number of methoxy groups -OCH3 is 1. The minimum Gasteiger partial charge on any atom is -0.496 e. The van der Waals surface area contributed by atoms with Crippen molar-refractivity contribution in [2.75, 3.05) is 7.11 Å². The van der Waals surface area contributed by atoms with Gasteiger partial charge in [-0.1, -0.05) is 36.4 Å². The molecule has 4 rings (SSSR count). The Balaban J connectivity index is 1.71. The quantitative estimate of drug-likeness (QED) is 0.569. The van der Waals surface area contributed by atoms with E-state index in [1.165, 1.54) is 11.8 Å². The zero-order chi connectivity index (χ0) is 19.3. The number of rotatable bonds is 5. The lowest BCUT2D eigenvalue weighted by atomic mass is 10.2. The van der Waals surface area contributed by atoms with Gasteiger partial charge in [0.1, 0.15) is 11.5 Å². The van der Waals surface area contributed by atoms with Crippen LogP contribution in [0.4, 0.5) is 5.69 Å². The Morgan fingerprint density at radius 3 is 2.61 bits per heavy atom. The van der Waals surface area contributed by atoms with Crippen LogP contribution in [0.2, 0.25) is 0 Å². The Labute approximate surface area is 167 Å². The molecule has 28 heavy (non-hydrogen) atoms. The SMILES string of the molecule is COc1ccccc1C=C1SC(=Nc2ccccc2)N(Cc2ccco2)C1=O. The van der Waals surface area contributed by atoms with E-state index in [2.05, 4.69) is 4.99 Å². The number of amidine groups is 1. The van der Waals surface area contributed by atoms with Crippen LogP contribution >= 0.6 is 11.8 Å². The first-order valence-electron chi connectivity index (χ1n) is 8.75. The van der Waals surface area contributed by atoms with E-state index >= 15 is 0 Å². The molecule has 0 saturated carbocycles. The molecule has 2 aromatic carbocycles. The average molecular weight is 390 g/mol. The number of carbonyl (C=O) groups is 1. The second-order valence-corrected chi connectivity index (χ2v) is 7.06. The van der Waals surface area contributed by atoms with Crippen LogP contribution in [-0.4, -0.2) is 23.1 Å². The summed E-state index contributed by atoms with van der Waals surface area (Å²) in [6, 6.07) is 20.9. The first-order chi connectivity index (χ1) is 13.7. The first kappa shape index (κ1) is 18.1. The maximum absolute atomic E-state index is 13.1. The van der Waals surface area contributed by atoms with Gasteiger partial charge < -0.3 is 9.15 Å². The standard InChI is InChI=1S/C22H18N2O3S/c1-26-19-12-6-5-8-16(19)14-20-21(25)24(15-18-11-7-13-27-18)22(28-20)23-17-9-3-2-4-10-17/h2-14H,15H2,1H3. The fourth-order valence-corrected chi connectivity index (χ4v) is 3.82. The third kappa shape index (κ3) is 3.87. The highest BCUT2D eigenvalue weighted by Crippen LogP contribution is 2.36. The van der Waals surface area contributed by atoms with E-state index in [-0.39, 0.29) is 5.91 Å². The summed E-state index contributed by atoms with van der Waals surface area (Å²) in [6.45, 7) is 0.327. The van der Waals surface area contributed by atoms with E-state index in [0.29, 0.717) is 22.4 Å². The highest BCUT2D eigenvalue weighted by Gasteiger charge is 2.34. The molecule has 0 radical (unpaired) electrons. The minimum absolute atomic E-state index is 0.109. The molecule has 0 spiro atoms.